The predicted octanol–water partition coefficient (Wildman–Crippen LogP) is 3.76. The highest BCUT2D eigenvalue weighted by molar-refractivity contribution is 5.94. The number of methoxy groups -OCH3 is 1. The lowest BCUT2D eigenvalue weighted by atomic mass is 10.1. The van der Waals surface area contributed by atoms with E-state index in [0.717, 1.165) is 11.3 Å². The molecule has 0 aromatic heterocycles. The van der Waals surface area contributed by atoms with E-state index in [1.165, 1.54) is 0 Å². The minimum Gasteiger partial charge on any atom is -0.494 e. The normalized spacial score (nSPS) is 10.2. The highest BCUT2D eigenvalue weighted by Gasteiger charge is 2.15. The number of rotatable bonds is 8. The Kier molecular flexibility index (Phi) is 6.69. The van der Waals surface area contributed by atoms with Crippen LogP contribution in [0.4, 0.5) is 0 Å². The molecule has 0 fully saturated rings. The Bertz CT molecular complexity index is 697. The number of amides is 1. The van der Waals surface area contributed by atoms with E-state index >= 15 is 0 Å². The van der Waals surface area contributed by atoms with Crippen LogP contribution in [0.5, 0.6) is 17.2 Å². The zero-order valence-corrected chi connectivity index (χ0v) is 15.2. The van der Waals surface area contributed by atoms with Crippen LogP contribution in [0.3, 0.4) is 0 Å². The van der Waals surface area contributed by atoms with Gasteiger partial charge in [-0.3, -0.25) is 4.79 Å². The molecule has 2 aromatic rings. The molecular formula is C20H25NO4. The zero-order valence-electron chi connectivity index (χ0n) is 15.2. The number of carbonyl (C=O) groups excluding carboxylic acids is 1. The van der Waals surface area contributed by atoms with Crippen LogP contribution in [0.25, 0.3) is 0 Å². The summed E-state index contributed by atoms with van der Waals surface area (Å²) in [5, 5.41) is 0. The van der Waals surface area contributed by atoms with E-state index in [2.05, 4.69) is 0 Å². The first-order chi connectivity index (χ1) is 12.1. The van der Waals surface area contributed by atoms with Crippen LogP contribution in [0.2, 0.25) is 0 Å². The molecule has 2 rings (SSSR count). The van der Waals surface area contributed by atoms with E-state index in [-0.39, 0.29) is 5.91 Å². The highest BCUT2D eigenvalue weighted by atomic mass is 16.5. The lowest BCUT2D eigenvalue weighted by Crippen LogP contribution is -2.26. The van der Waals surface area contributed by atoms with Crippen LogP contribution in [0.1, 0.15) is 29.8 Å². The maximum Gasteiger partial charge on any atom is 0.254 e. The van der Waals surface area contributed by atoms with E-state index < -0.39 is 0 Å². The Morgan fingerprint density at radius 1 is 0.960 bits per heavy atom. The van der Waals surface area contributed by atoms with Crippen molar-refractivity contribution in [2.45, 2.75) is 20.4 Å². The molecule has 0 spiro atoms. The molecule has 0 atom stereocenters. The molecule has 2 aromatic carbocycles. The van der Waals surface area contributed by atoms with E-state index in [1.807, 2.05) is 38.1 Å². The number of ether oxygens (including phenoxy) is 3. The highest BCUT2D eigenvalue weighted by Crippen LogP contribution is 2.28. The fourth-order valence-corrected chi connectivity index (χ4v) is 2.50. The Morgan fingerprint density at radius 3 is 2.24 bits per heavy atom. The molecule has 0 aliphatic heterocycles. The maximum atomic E-state index is 12.7. The van der Waals surface area contributed by atoms with Crippen LogP contribution < -0.4 is 14.2 Å². The molecule has 0 saturated carbocycles. The summed E-state index contributed by atoms with van der Waals surface area (Å²) in [5.74, 6) is 1.95. The average molecular weight is 343 g/mol. The second-order valence-corrected chi connectivity index (χ2v) is 5.54. The smallest absolute Gasteiger partial charge is 0.254 e. The first-order valence-corrected chi connectivity index (χ1v) is 8.37. The Morgan fingerprint density at radius 2 is 1.64 bits per heavy atom. The van der Waals surface area contributed by atoms with Gasteiger partial charge in [0.2, 0.25) is 0 Å². The van der Waals surface area contributed by atoms with Crippen molar-refractivity contribution in [3.63, 3.8) is 0 Å². The van der Waals surface area contributed by atoms with Gasteiger partial charge in [0.1, 0.15) is 5.75 Å². The van der Waals surface area contributed by atoms with E-state index in [0.29, 0.717) is 36.8 Å². The fraction of sp³-hybridized carbons (Fsp3) is 0.350. The van der Waals surface area contributed by atoms with Crippen molar-refractivity contribution < 1.29 is 19.0 Å². The van der Waals surface area contributed by atoms with Gasteiger partial charge < -0.3 is 19.1 Å². The fourth-order valence-electron chi connectivity index (χ4n) is 2.50. The van der Waals surface area contributed by atoms with Crippen molar-refractivity contribution in [2.24, 2.45) is 0 Å². The molecule has 0 heterocycles. The third-order valence-electron chi connectivity index (χ3n) is 3.71. The first-order valence-electron chi connectivity index (χ1n) is 8.37. The second-order valence-electron chi connectivity index (χ2n) is 5.54. The number of benzene rings is 2. The number of nitrogens with zero attached hydrogens (tertiary/aromatic N) is 1. The van der Waals surface area contributed by atoms with Crippen LogP contribution >= 0.6 is 0 Å². The molecular weight excluding hydrogens is 318 g/mol. The van der Waals surface area contributed by atoms with Crippen molar-refractivity contribution in [3.05, 3.63) is 53.6 Å². The van der Waals surface area contributed by atoms with Crippen molar-refractivity contribution in [2.75, 3.05) is 27.4 Å². The summed E-state index contributed by atoms with van der Waals surface area (Å²) < 4.78 is 16.2. The molecule has 0 bridgehead atoms. The van der Waals surface area contributed by atoms with Gasteiger partial charge in [-0.1, -0.05) is 12.1 Å². The molecule has 1 amide bonds. The van der Waals surface area contributed by atoms with E-state index in [4.69, 9.17) is 14.2 Å². The second kappa shape index (κ2) is 8.97. The lowest BCUT2D eigenvalue weighted by molar-refractivity contribution is 0.0784. The lowest BCUT2D eigenvalue weighted by Gasteiger charge is -2.18. The minimum absolute atomic E-state index is 0.0718. The molecule has 0 aliphatic carbocycles. The Hall–Kier alpha value is -2.69. The van der Waals surface area contributed by atoms with Crippen molar-refractivity contribution in [3.8, 4) is 17.2 Å². The molecule has 25 heavy (non-hydrogen) atoms. The SMILES string of the molecule is CCOc1ccc(CN(C)C(=O)c2ccc(OC)c(OCC)c2)cc1. The third-order valence-corrected chi connectivity index (χ3v) is 3.71. The molecule has 0 N–H and O–H groups in total. The summed E-state index contributed by atoms with van der Waals surface area (Å²) >= 11 is 0. The Labute approximate surface area is 149 Å². The van der Waals surface area contributed by atoms with E-state index in [1.54, 1.807) is 37.3 Å². The van der Waals surface area contributed by atoms with Gasteiger partial charge in [-0.25, -0.2) is 0 Å². The maximum absolute atomic E-state index is 12.7. The first kappa shape index (κ1) is 18.6. The Balaban J connectivity index is 2.09. The van der Waals surface area contributed by atoms with Gasteiger partial charge in [-0.2, -0.15) is 0 Å². The van der Waals surface area contributed by atoms with Crippen LogP contribution in [0.15, 0.2) is 42.5 Å². The molecule has 0 unspecified atom stereocenters. The van der Waals surface area contributed by atoms with Crippen LogP contribution in [-0.4, -0.2) is 38.2 Å². The summed E-state index contributed by atoms with van der Waals surface area (Å²) in [6.07, 6.45) is 0. The van der Waals surface area contributed by atoms with Gasteiger partial charge in [-0.05, 0) is 49.7 Å². The molecule has 0 saturated heterocycles. The van der Waals surface area contributed by atoms with Crippen molar-refractivity contribution in [1.82, 2.24) is 4.90 Å². The summed E-state index contributed by atoms with van der Waals surface area (Å²) in [6, 6.07) is 13.0. The quantitative estimate of drug-likeness (QED) is 0.732. The largest absolute Gasteiger partial charge is 0.494 e. The predicted molar refractivity (Wildman–Crippen MR) is 97.6 cm³/mol. The molecule has 0 aliphatic rings. The average Bonchev–Trinajstić information content (AvgIpc) is 2.63. The van der Waals surface area contributed by atoms with Gasteiger partial charge in [0.05, 0.1) is 20.3 Å². The number of hydrogen-bond acceptors (Lipinski definition) is 4. The minimum atomic E-state index is -0.0718. The van der Waals surface area contributed by atoms with Gasteiger partial charge in [0.25, 0.3) is 5.91 Å². The van der Waals surface area contributed by atoms with Gasteiger partial charge >= 0.3 is 0 Å². The van der Waals surface area contributed by atoms with Crippen LogP contribution in [0, 0.1) is 0 Å². The van der Waals surface area contributed by atoms with Crippen molar-refractivity contribution >= 4 is 5.91 Å². The van der Waals surface area contributed by atoms with Gasteiger partial charge in [0.15, 0.2) is 11.5 Å². The van der Waals surface area contributed by atoms with E-state index in [9.17, 15) is 4.79 Å². The topological polar surface area (TPSA) is 48.0 Å². The molecule has 5 nitrogen and oxygen atoms in total. The number of carbonyl (C=O) groups is 1. The molecule has 0 radical (unpaired) electrons. The summed E-state index contributed by atoms with van der Waals surface area (Å²) in [4.78, 5) is 14.4. The monoisotopic (exact) mass is 343 g/mol. The van der Waals surface area contributed by atoms with Gasteiger partial charge in [-0.15, -0.1) is 0 Å². The molecule has 5 heteroatoms. The zero-order chi connectivity index (χ0) is 18.2. The van der Waals surface area contributed by atoms with Crippen molar-refractivity contribution in [1.29, 1.82) is 0 Å². The number of hydrogen-bond donors (Lipinski definition) is 0. The summed E-state index contributed by atoms with van der Waals surface area (Å²) in [5.41, 5.74) is 1.61. The molecule has 134 valence electrons. The summed E-state index contributed by atoms with van der Waals surface area (Å²) in [6.45, 7) is 5.51. The standard InChI is InChI=1S/C20H25NO4/c1-5-24-17-10-7-15(8-11-17)14-21(3)20(22)16-9-12-18(23-4)19(13-16)25-6-2/h7-13H,5-6,14H2,1-4H3. The third kappa shape index (κ3) is 4.89. The van der Waals surface area contributed by atoms with Crippen LogP contribution in [-0.2, 0) is 6.54 Å². The summed E-state index contributed by atoms with van der Waals surface area (Å²) in [7, 11) is 3.36. The van der Waals surface area contributed by atoms with Gasteiger partial charge in [0, 0.05) is 19.2 Å².